The molecule has 0 aliphatic carbocycles. The smallest absolute Gasteiger partial charge is 0.326 e. The average molecular weight is 458 g/mol. The third-order valence-corrected chi connectivity index (χ3v) is 4.94. The van der Waals surface area contributed by atoms with Crippen LogP contribution in [0, 0.1) is 20.8 Å². The minimum absolute atomic E-state index is 0.0106. The van der Waals surface area contributed by atoms with Crippen molar-refractivity contribution in [1.29, 1.82) is 0 Å². The molecule has 172 valence electrons. The Hall–Kier alpha value is -3.95. The Bertz CT molecular complexity index is 1260. The normalized spacial score (nSPS) is 11.2. The predicted molar refractivity (Wildman–Crippen MR) is 116 cm³/mol. The van der Waals surface area contributed by atoms with E-state index in [4.69, 9.17) is 0 Å². The first-order valence-corrected chi connectivity index (χ1v) is 9.86. The molecule has 3 aromatic rings. The predicted octanol–water partition coefficient (Wildman–Crippen LogP) is 4.60. The molecule has 0 fully saturated rings. The van der Waals surface area contributed by atoms with Crippen LogP contribution in [0.4, 0.5) is 24.5 Å². The van der Waals surface area contributed by atoms with E-state index in [0.717, 1.165) is 12.1 Å². The number of Topliss-reactive ketones (excluding diaryl/α,β-unsaturated/α-hetero) is 1. The summed E-state index contributed by atoms with van der Waals surface area (Å²) in [6.45, 7) is 6.12. The highest BCUT2D eigenvalue weighted by Gasteiger charge is 2.31. The first-order valence-electron chi connectivity index (χ1n) is 9.86. The van der Waals surface area contributed by atoms with Crippen LogP contribution in [0.5, 0.6) is 0 Å². The fraction of sp³-hybridized carbons (Fsp3) is 0.217. The number of benzene rings is 2. The summed E-state index contributed by atoms with van der Waals surface area (Å²) in [7, 11) is 0. The highest BCUT2D eigenvalue weighted by atomic mass is 19.4. The zero-order chi connectivity index (χ0) is 24.5. The van der Waals surface area contributed by atoms with Gasteiger partial charge in [0.1, 0.15) is 0 Å². The molecular formula is C23H21F3N4O3. The van der Waals surface area contributed by atoms with Crippen LogP contribution >= 0.6 is 0 Å². The lowest BCUT2D eigenvalue weighted by Crippen LogP contribution is -2.24. The Kier molecular flexibility index (Phi) is 6.39. The van der Waals surface area contributed by atoms with Gasteiger partial charge in [0.15, 0.2) is 0 Å². The number of ketones is 1. The molecule has 0 spiro atoms. The van der Waals surface area contributed by atoms with Crippen molar-refractivity contribution in [2.75, 3.05) is 10.6 Å². The molecule has 1 aromatic heterocycles. The number of rotatable bonds is 5. The molecule has 0 atom stereocenters. The number of alkyl halides is 3. The van der Waals surface area contributed by atoms with E-state index in [0.29, 0.717) is 16.9 Å². The van der Waals surface area contributed by atoms with Gasteiger partial charge in [0, 0.05) is 18.3 Å². The van der Waals surface area contributed by atoms with E-state index in [-0.39, 0.29) is 28.5 Å². The lowest BCUT2D eigenvalue weighted by atomic mass is 10.1. The van der Waals surface area contributed by atoms with E-state index >= 15 is 0 Å². The number of anilines is 2. The number of carbonyl (C=O) groups excluding carboxylic acids is 3. The monoisotopic (exact) mass is 458 g/mol. The standard InChI is InChI=1S/C23H21F3N4O3/c1-12-10-17(8-9-19(12)27-15(4)31)28-22(33)21(32)20-13(2)29-30(14(20)3)18-7-5-6-16(11-18)23(24,25)26/h5-11H,1-4H3,(H,27,31)(H,28,33). The van der Waals surface area contributed by atoms with Crippen molar-refractivity contribution in [3.8, 4) is 5.69 Å². The van der Waals surface area contributed by atoms with Crippen molar-refractivity contribution in [2.24, 2.45) is 0 Å². The molecule has 0 aliphatic rings. The van der Waals surface area contributed by atoms with Crippen LogP contribution in [0.25, 0.3) is 5.69 Å². The fourth-order valence-corrected chi connectivity index (χ4v) is 3.41. The number of hydrogen-bond acceptors (Lipinski definition) is 4. The van der Waals surface area contributed by atoms with Gasteiger partial charge in [0.05, 0.1) is 28.2 Å². The molecule has 10 heteroatoms. The molecule has 0 unspecified atom stereocenters. The Balaban J connectivity index is 1.87. The van der Waals surface area contributed by atoms with Gasteiger partial charge in [-0.1, -0.05) is 6.07 Å². The van der Waals surface area contributed by atoms with Crippen molar-refractivity contribution in [3.63, 3.8) is 0 Å². The van der Waals surface area contributed by atoms with Gasteiger partial charge < -0.3 is 10.6 Å². The Morgan fingerprint density at radius 3 is 2.27 bits per heavy atom. The minimum atomic E-state index is -4.53. The first-order chi connectivity index (χ1) is 15.4. The minimum Gasteiger partial charge on any atom is -0.326 e. The average Bonchev–Trinajstić information content (AvgIpc) is 3.02. The Morgan fingerprint density at radius 2 is 1.67 bits per heavy atom. The summed E-state index contributed by atoms with van der Waals surface area (Å²) in [4.78, 5) is 36.7. The van der Waals surface area contributed by atoms with E-state index < -0.39 is 23.4 Å². The Labute approximate surface area is 187 Å². The summed E-state index contributed by atoms with van der Waals surface area (Å²) in [5.41, 5.74) is 1.33. The second-order valence-corrected chi connectivity index (χ2v) is 7.50. The quantitative estimate of drug-likeness (QED) is 0.432. The Morgan fingerprint density at radius 1 is 0.970 bits per heavy atom. The number of hydrogen-bond donors (Lipinski definition) is 2. The molecule has 3 rings (SSSR count). The van der Waals surface area contributed by atoms with Gasteiger partial charge in [-0.2, -0.15) is 18.3 Å². The highest BCUT2D eigenvalue weighted by Crippen LogP contribution is 2.31. The lowest BCUT2D eigenvalue weighted by molar-refractivity contribution is -0.137. The van der Waals surface area contributed by atoms with Gasteiger partial charge in [-0.05, 0) is 62.7 Å². The van der Waals surface area contributed by atoms with Crippen LogP contribution in [-0.2, 0) is 15.8 Å². The largest absolute Gasteiger partial charge is 0.416 e. The van der Waals surface area contributed by atoms with Gasteiger partial charge in [-0.25, -0.2) is 4.68 Å². The van der Waals surface area contributed by atoms with Gasteiger partial charge in [0.25, 0.3) is 11.7 Å². The molecule has 0 aliphatic heterocycles. The van der Waals surface area contributed by atoms with E-state index in [1.165, 1.54) is 43.7 Å². The van der Waals surface area contributed by atoms with Crippen molar-refractivity contribution in [3.05, 3.63) is 70.5 Å². The summed E-state index contributed by atoms with van der Waals surface area (Å²) in [5.74, 6) is -2.03. The van der Waals surface area contributed by atoms with Crippen LogP contribution in [-0.4, -0.2) is 27.4 Å². The molecule has 0 saturated carbocycles. The maximum absolute atomic E-state index is 13.1. The maximum Gasteiger partial charge on any atom is 0.416 e. The molecular weight excluding hydrogens is 437 g/mol. The number of aromatic nitrogens is 2. The first kappa shape index (κ1) is 23.7. The number of carbonyl (C=O) groups is 3. The summed E-state index contributed by atoms with van der Waals surface area (Å²) in [6, 6.07) is 9.27. The second-order valence-electron chi connectivity index (χ2n) is 7.50. The van der Waals surface area contributed by atoms with Crippen LogP contribution in [0.2, 0.25) is 0 Å². The summed E-state index contributed by atoms with van der Waals surface area (Å²) < 4.78 is 40.4. The van der Waals surface area contributed by atoms with Crippen LogP contribution in [0.1, 0.15) is 39.8 Å². The van der Waals surface area contributed by atoms with Crippen molar-refractivity contribution in [2.45, 2.75) is 33.9 Å². The highest BCUT2D eigenvalue weighted by molar-refractivity contribution is 6.47. The van der Waals surface area contributed by atoms with E-state index in [9.17, 15) is 27.6 Å². The molecule has 0 saturated heterocycles. The summed E-state index contributed by atoms with van der Waals surface area (Å²) in [6.07, 6.45) is -4.53. The van der Waals surface area contributed by atoms with Gasteiger partial charge >= 0.3 is 6.18 Å². The number of aryl methyl sites for hydroxylation is 2. The SMILES string of the molecule is CC(=O)Nc1ccc(NC(=O)C(=O)c2c(C)nn(-c3cccc(C(F)(F)F)c3)c2C)cc1C. The number of halogens is 3. The molecule has 1 heterocycles. The third kappa shape index (κ3) is 5.11. The molecule has 33 heavy (non-hydrogen) atoms. The number of nitrogens with zero attached hydrogens (tertiary/aromatic N) is 2. The van der Waals surface area contributed by atoms with Crippen molar-refractivity contribution < 1.29 is 27.6 Å². The van der Waals surface area contributed by atoms with Crippen LogP contribution < -0.4 is 10.6 Å². The topological polar surface area (TPSA) is 93.1 Å². The van der Waals surface area contributed by atoms with E-state index in [1.807, 2.05) is 0 Å². The maximum atomic E-state index is 13.1. The molecule has 2 aromatic carbocycles. The van der Waals surface area contributed by atoms with E-state index in [1.54, 1.807) is 19.1 Å². The molecule has 7 nitrogen and oxygen atoms in total. The molecule has 0 radical (unpaired) electrons. The molecule has 2 amide bonds. The van der Waals surface area contributed by atoms with Crippen molar-refractivity contribution in [1.82, 2.24) is 9.78 Å². The lowest BCUT2D eigenvalue weighted by Gasteiger charge is -2.11. The summed E-state index contributed by atoms with van der Waals surface area (Å²) >= 11 is 0. The van der Waals surface area contributed by atoms with Gasteiger partial charge in [-0.3, -0.25) is 14.4 Å². The van der Waals surface area contributed by atoms with Crippen molar-refractivity contribution >= 4 is 29.0 Å². The van der Waals surface area contributed by atoms with Gasteiger partial charge in [0.2, 0.25) is 5.91 Å². The van der Waals surface area contributed by atoms with Crippen LogP contribution in [0.3, 0.4) is 0 Å². The van der Waals surface area contributed by atoms with Gasteiger partial charge in [-0.15, -0.1) is 0 Å². The third-order valence-electron chi connectivity index (χ3n) is 4.94. The molecule has 0 bridgehead atoms. The van der Waals surface area contributed by atoms with E-state index in [2.05, 4.69) is 15.7 Å². The van der Waals surface area contributed by atoms with Crippen LogP contribution in [0.15, 0.2) is 42.5 Å². The second kappa shape index (κ2) is 8.89. The zero-order valence-electron chi connectivity index (χ0n) is 18.3. The zero-order valence-corrected chi connectivity index (χ0v) is 18.3. The number of amides is 2. The summed E-state index contributed by atoms with van der Waals surface area (Å²) in [5, 5.41) is 9.33. The number of nitrogens with one attached hydrogen (secondary N) is 2. The molecule has 2 N–H and O–H groups in total. The fourth-order valence-electron chi connectivity index (χ4n) is 3.41.